The summed E-state index contributed by atoms with van der Waals surface area (Å²) in [4.78, 5) is 10.5. The Morgan fingerprint density at radius 1 is 1.40 bits per heavy atom. The molecule has 0 aliphatic carbocycles. The number of hydrogen-bond acceptors (Lipinski definition) is 2. The fourth-order valence-electron chi connectivity index (χ4n) is 1.45. The van der Waals surface area contributed by atoms with E-state index in [1.807, 2.05) is 24.3 Å². The Kier molecular flexibility index (Phi) is 8.06. The van der Waals surface area contributed by atoms with Crippen molar-refractivity contribution in [1.82, 2.24) is 0 Å². The van der Waals surface area contributed by atoms with Gasteiger partial charge in [0.15, 0.2) is 0 Å². The lowest BCUT2D eigenvalue weighted by molar-refractivity contribution is -0.136. The normalized spacial score (nSPS) is 10.8. The van der Waals surface area contributed by atoms with E-state index in [1.165, 1.54) is 6.20 Å². The highest BCUT2D eigenvalue weighted by molar-refractivity contribution is 5.67. The van der Waals surface area contributed by atoms with Crippen molar-refractivity contribution < 1.29 is 9.90 Å². The van der Waals surface area contributed by atoms with E-state index < -0.39 is 5.97 Å². The van der Waals surface area contributed by atoms with Gasteiger partial charge in [0.2, 0.25) is 0 Å². The molecular formula is C17H25NO2. The predicted molar refractivity (Wildman–Crippen MR) is 85.3 cm³/mol. The molecule has 110 valence electrons. The van der Waals surface area contributed by atoms with Crippen molar-refractivity contribution in [1.29, 1.82) is 0 Å². The van der Waals surface area contributed by atoms with Crippen LogP contribution in [0.1, 0.15) is 38.3 Å². The number of carboxylic acid groups (broad SMARTS) is 1. The second kappa shape index (κ2) is 8.97. The number of hydrogen-bond donors (Lipinski definition) is 2. The molecule has 1 aromatic carbocycles. The molecule has 0 spiro atoms. The summed E-state index contributed by atoms with van der Waals surface area (Å²) in [5.74, 6) is -0.749. The molecule has 1 aromatic rings. The Balaban J connectivity index is 0.00000110. The minimum atomic E-state index is -0.749. The minimum absolute atomic E-state index is 0.164. The third-order valence-electron chi connectivity index (χ3n) is 2.35. The molecule has 3 nitrogen and oxygen atoms in total. The van der Waals surface area contributed by atoms with Gasteiger partial charge in [-0.3, -0.25) is 4.79 Å². The second-order valence-corrected chi connectivity index (χ2v) is 5.57. The van der Waals surface area contributed by atoms with Gasteiger partial charge in [0, 0.05) is 6.42 Å². The summed E-state index contributed by atoms with van der Waals surface area (Å²) >= 11 is 0. The molecule has 0 saturated heterocycles. The van der Waals surface area contributed by atoms with Crippen molar-refractivity contribution in [3.63, 3.8) is 0 Å². The molecule has 0 unspecified atom stereocenters. The number of aryl methyl sites for hydroxylation is 1. The first-order valence-electron chi connectivity index (χ1n) is 6.61. The molecule has 0 aliphatic rings. The van der Waals surface area contributed by atoms with E-state index in [9.17, 15) is 4.79 Å². The number of carboxylic acids is 1. The van der Waals surface area contributed by atoms with E-state index in [2.05, 4.69) is 45.2 Å². The molecule has 0 aliphatic heterocycles. The Hall–Kier alpha value is -2.03. The summed E-state index contributed by atoms with van der Waals surface area (Å²) < 4.78 is 0. The van der Waals surface area contributed by atoms with Crippen LogP contribution in [0.15, 0.2) is 43.1 Å². The summed E-state index contributed by atoms with van der Waals surface area (Å²) in [6.07, 6.45) is 6.27. The average Bonchev–Trinajstić information content (AvgIpc) is 2.35. The van der Waals surface area contributed by atoms with Gasteiger partial charge in [-0.1, -0.05) is 63.8 Å². The number of aliphatic carboxylic acids is 1. The van der Waals surface area contributed by atoms with Crippen LogP contribution in [0.3, 0.4) is 0 Å². The number of benzene rings is 1. The maximum Gasteiger partial charge on any atom is 0.303 e. The van der Waals surface area contributed by atoms with Crippen LogP contribution in [0, 0.1) is 5.41 Å². The lowest BCUT2D eigenvalue weighted by Gasteiger charge is -2.11. The summed E-state index contributed by atoms with van der Waals surface area (Å²) in [6.45, 7) is 9.59. The van der Waals surface area contributed by atoms with Gasteiger partial charge in [-0.2, -0.15) is 0 Å². The molecule has 20 heavy (non-hydrogen) atoms. The third kappa shape index (κ3) is 9.95. The average molecular weight is 275 g/mol. The monoisotopic (exact) mass is 275 g/mol. The highest BCUT2D eigenvalue weighted by Crippen LogP contribution is 2.17. The molecule has 0 bridgehead atoms. The number of allylic oxidation sites excluding steroid dienone is 1. The zero-order valence-electron chi connectivity index (χ0n) is 12.6. The van der Waals surface area contributed by atoms with Crippen LogP contribution >= 0.6 is 0 Å². The molecule has 0 atom stereocenters. The third-order valence-corrected chi connectivity index (χ3v) is 2.35. The van der Waals surface area contributed by atoms with Crippen molar-refractivity contribution in [3.05, 3.63) is 54.2 Å². The Bertz CT molecular complexity index is 456. The van der Waals surface area contributed by atoms with Crippen molar-refractivity contribution >= 4 is 12.0 Å². The Labute approximate surface area is 121 Å². The molecule has 0 saturated carbocycles. The molecule has 0 aromatic heterocycles. The highest BCUT2D eigenvalue weighted by atomic mass is 16.4. The van der Waals surface area contributed by atoms with Gasteiger partial charge >= 0.3 is 5.97 Å². The van der Waals surface area contributed by atoms with Crippen LogP contribution in [-0.4, -0.2) is 11.1 Å². The van der Waals surface area contributed by atoms with Crippen molar-refractivity contribution in [2.24, 2.45) is 11.1 Å². The van der Waals surface area contributed by atoms with E-state index in [1.54, 1.807) is 0 Å². The van der Waals surface area contributed by atoms with Gasteiger partial charge in [-0.15, -0.1) is 0 Å². The Morgan fingerprint density at radius 3 is 2.50 bits per heavy atom. The van der Waals surface area contributed by atoms with Crippen molar-refractivity contribution in [3.8, 4) is 0 Å². The number of carbonyl (C=O) groups is 1. The van der Waals surface area contributed by atoms with Crippen molar-refractivity contribution in [2.75, 3.05) is 0 Å². The Morgan fingerprint density at radius 2 is 2.00 bits per heavy atom. The smallest absolute Gasteiger partial charge is 0.303 e. The van der Waals surface area contributed by atoms with Gasteiger partial charge < -0.3 is 10.8 Å². The molecule has 1 rings (SSSR count). The van der Waals surface area contributed by atoms with E-state index in [4.69, 9.17) is 5.11 Å². The standard InChI is InChI=1S/C15H20O2.C2H5N/c1-15(2,3)10-9-13-6-4-5-12(11-13)7-8-14(16)17;1-2-3/h4-6,9-11H,7-8H2,1-3H3,(H,16,17);2H,1,3H2/b10-9+;. The minimum Gasteiger partial charge on any atom is -0.481 e. The fraction of sp³-hybridized carbons (Fsp3) is 0.353. The van der Waals surface area contributed by atoms with Crippen LogP contribution < -0.4 is 5.73 Å². The summed E-state index contributed by atoms with van der Waals surface area (Å²) in [5, 5.41) is 8.64. The SMILES string of the molecule is C=CN.CC(C)(C)/C=C/c1cccc(CCC(=O)O)c1. The molecular weight excluding hydrogens is 250 g/mol. The van der Waals surface area contributed by atoms with Gasteiger partial charge in [0.25, 0.3) is 0 Å². The van der Waals surface area contributed by atoms with E-state index >= 15 is 0 Å². The topological polar surface area (TPSA) is 63.3 Å². The largest absolute Gasteiger partial charge is 0.481 e. The predicted octanol–water partition coefficient (Wildman–Crippen LogP) is 3.85. The van der Waals surface area contributed by atoms with E-state index in [0.29, 0.717) is 6.42 Å². The van der Waals surface area contributed by atoms with Crippen LogP contribution in [-0.2, 0) is 11.2 Å². The zero-order chi connectivity index (χ0) is 15.6. The van der Waals surface area contributed by atoms with E-state index in [-0.39, 0.29) is 11.8 Å². The number of nitrogens with two attached hydrogens (primary N) is 1. The van der Waals surface area contributed by atoms with Gasteiger partial charge in [-0.25, -0.2) is 0 Å². The molecule has 0 amide bonds. The van der Waals surface area contributed by atoms with Gasteiger partial charge in [0.05, 0.1) is 0 Å². The first kappa shape index (κ1) is 18.0. The van der Waals surface area contributed by atoms with Gasteiger partial charge in [0.1, 0.15) is 0 Å². The molecule has 0 heterocycles. The molecule has 3 heteroatoms. The van der Waals surface area contributed by atoms with Crippen LogP contribution in [0.25, 0.3) is 6.08 Å². The zero-order valence-corrected chi connectivity index (χ0v) is 12.6. The van der Waals surface area contributed by atoms with Crippen molar-refractivity contribution in [2.45, 2.75) is 33.6 Å². The first-order valence-corrected chi connectivity index (χ1v) is 6.61. The maximum absolute atomic E-state index is 10.5. The summed E-state index contributed by atoms with van der Waals surface area (Å²) in [7, 11) is 0. The molecule has 3 N–H and O–H groups in total. The van der Waals surface area contributed by atoms with E-state index in [0.717, 1.165) is 11.1 Å². The lowest BCUT2D eigenvalue weighted by Crippen LogP contribution is -1.98. The lowest BCUT2D eigenvalue weighted by atomic mass is 9.95. The fourth-order valence-corrected chi connectivity index (χ4v) is 1.45. The highest BCUT2D eigenvalue weighted by Gasteiger charge is 2.04. The van der Waals surface area contributed by atoms with Crippen LogP contribution in [0.2, 0.25) is 0 Å². The van der Waals surface area contributed by atoms with Gasteiger partial charge in [-0.05, 0) is 29.2 Å². The first-order chi connectivity index (χ1) is 9.28. The maximum atomic E-state index is 10.5. The number of rotatable bonds is 4. The quantitative estimate of drug-likeness (QED) is 0.877. The summed E-state index contributed by atoms with van der Waals surface area (Å²) in [5.41, 5.74) is 6.98. The molecule has 0 radical (unpaired) electrons. The summed E-state index contributed by atoms with van der Waals surface area (Å²) in [6, 6.07) is 8.02. The van der Waals surface area contributed by atoms with Crippen LogP contribution in [0.5, 0.6) is 0 Å². The second-order valence-electron chi connectivity index (χ2n) is 5.57. The molecule has 0 fully saturated rings. The van der Waals surface area contributed by atoms with Crippen LogP contribution in [0.4, 0.5) is 0 Å².